The molecule has 2 aromatic heterocycles. The number of benzene rings is 1. The van der Waals surface area contributed by atoms with Gasteiger partial charge in [-0.1, -0.05) is 6.07 Å². The monoisotopic (exact) mass is 362 g/mol. The van der Waals surface area contributed by atoms with E-state index in [9.17, 15) is 4.79 Å². The van der Waals surface area contributed by atoms with Gasteiger partial charge in [-0.3, -0.25) is 0 Å². The zero-order valence-electron chi connectivity index (χ0n) is 15.2. The molecule has 138 valence electrons. The third-order valence-electron chi connectivity index (χ3n) is 4.72. The van der Waals surface area contributed by atoms with Crippen LogP contribution in [0.25, 0.3) is 5.69 Å². The summed E-state index contributed by atoms with van der Waals surface area (Å²) in [5.41, 5.74) is 2.74. The van der Waals surface area contributed by atoms with Gasteiger partial charge in [-0.2, -0.15) is 5.10 Å². The van der Waals surface area contributed by atoms with E-state index >= 15 is 0 Å². The quantitative estimate of drug-likeness (QED) is 0.748. The SMILES string of the molecule is Cc1cc(-n2cccn2)ccc1NC(=O)NC1CCN(c2ccccn2)C1. The van der Waals surface area contributed by atoms with Gasteiger partial charge >= 0.3 is 6.03 Å². The number of pyridine rings is 1. The lowest BCUT2D eigenvalue weighted by molar-refractivity contribution is 0.249. The van der Waals surface area contributed by atoms with Gasteiger partial charge in [0.2, 0.25) is 0 Å². The summed E-state index contributed by atoms with van der Waals surface area (Å²) in [6.07, 6.45) is 6.33. The maximum absolute atomic E-state index is 12.4. The predicted molar refractivity (Wildman–Crippen MR) is 105 cm³/mol. The Morgan fingerprint density at radius 2 is 2.11 bits per heavy atom. The van der Waals surface area contributed by atoms with E-state index in [2.05, 4.69) is 25.6 Å². The number of rotatable bonds is 4. The number of hydrogen-bond donors (Lipinski definition) is 2. The third-order valence-corrected chi connectivity index (χ3v) is 4.72. The summed E-state index contributed by atoms with van der Waals surface area (Å²) in [4.78, 5) is 19.0. The van der Waals surface area contributed by atoms with Gasteiger partial charge in [-0.05, 0) is 55.3 Å². The van der Waals surface area contributed by atoms with Gasteiger partial charge in [0.05, 0.1) is 5.69 Å². The Bertz CT molecular complexity index is 909. The molecule has 0 bridgehead atoms. The molecule has 2 N–H and O–H groups in total. The molecule has 1 aliphatic heterocycles. The van der Waals surface area contributed by atoms with Crippen LogP contribution in [-0.2, 0) is 0 Å². The molecule has 1 aromatic carbocycles. The van der Waals surface area contributed by atoms with Crippen molar-refractivity contribution in [1.29, 1.82) is 0 Å². The number of urea groups is 1. The lowest BCUT2D eigenvalue weighted by atomic mass is 10.2. The Balaban J connectivity index is 1.35. The second kappa shape index (κ2) is 7.49. The molecule has 1 fully saturated rings. The second-order valence-corrected chi connectivity index (χ2v) is 6.67. The fourth-order valence-corrected chi connectivity index (χ4v) is 3.32. The summed E-state index contributed by atoms with van der Waals surface area (Å²) in [7, 11) is 0. The lowest BCUT2D eigenvalue weighted by Gasteiger charge is -2.18. The number of anilines is 2. The largest absolute Gasteiger partial charge is 0.354 e. The number of aromatic nitrogens is 3. The third kappa shape index (κ3) is 3.92. The minimum absolute atomic E-state index is 0.107. The van der Waals surface area contributed by atoms with E-state index in [1.54, 1.807) is 17.1 Å². The van der Waals surface area contributed by atoms with Crippen LogP contribution in [0.1, 0.15) is 12.0 Å². The average molecular weight is 362 g/mol. The molecule has 27 heavy (non-hydrogen) atoms. The topological polar surface area (TPSA) is 75.1 Å². The number of nitrogens with zero attached hydrogens (tertiary/aromatic N) is 4. The standard InChI is InChI=1S/C20H22N6O/c1-15-13-17(26-11-4-10-22-26)6-7-18(15)24-20(27)23-16-8-12-25(14-16)19-5-2-3-9-21-19/h2-7,9-11,13,16H,8,12,14H2,1H3,(H2,23,24,27). The van der Waals surface area contributed by atoms with Crippen LogP contribution in [0.2, 0.25) is 0 Å². The molecule has 4 rings (SSSR count). The van der Waals surface area contributed by atoms with Gasteiger partial charge in [-0.15, -0.1) is 0 Å². The minimum Gasteiger partial charge on any atom is -0.354 e. The summed E-state index contributed by atoms with van der Waals surface area (Å²) in [6, 6.07) is 13.5. The van der Waals surface area contributed by atoms with Crippen LogP contribution in [0.15, 0.2) is 61.1 Å². The molecule has 0 spiro atoms. The van der Waals surface area contributed by atoms with E-state index in [0.717, 1.165) is 42.3 Å². The highest BCUT2D eigenvalue weighted by atomic mass is 16.2. The highest BCUT2D eigenvalue weighted by molar-refractivity contribution is 5.90. The number of carbonyl (C=O) groups excluding carboxylic acids is 1. The Morgan fingerprint density at radius 1 is 1.19 bits per heavy atom. The summed E-state index contributed by atoms with van der Waals surface area (Å²) < 4.78 is 1.79. The zero-order valence-corrected chi connectivity index (χ0v) is 15.2. The highest BCUT2D eigenvalue weighted by Gasteiger charge is 2.24. The van der Waals surface area contributed by atoms with Gasteiger partial charge in [0.1, 0.15) is 5.82 Å². The van der Waals surface area contributed by atoms with Crippen molar-refractivity contribution in [1.82, 2.24) is 20.1 Å². The first-order chi connectivity index (χ1) is 13.2. The molecule has 0 aliphatic carbocycles. The molecule has 7 nitrogen and oxygen atoms in total. The predicted octanol–water partition coefficient (Wildman–Crippen LogP) is 2.98. The number of aryl methyl sites for hydroxylation is 1. The summed E-state index contributed by atoms with van der Waals surface area (Å²) >= 11 is 0. The number of amides is 2. The van der Waals surface area contributed by atoms with Gasteiger partial charge < -0.3 is 15.5 Å². The van der Waals surface area contributed by atoms with Crippen LogP contribution >= 0.6 is 0 Å². The van der Waals surface area contributed by atoms with Crippen molar-refractivity contribution >= 4 is 17.5 Å². The number of hydrogen-bond acceptors (Lipinski definition) is 4. The Morgan fingerprint density at radius 3 is 2.85 bits per heavy atom. The number of nitrogens with one attached hydrogen (secondary N) is 2. The smallest absolute Gasteiger partial charge is 0.319 e. The first kappa shape index (κ1) is 17.1. The first-order valence-corrected chi connectivity index (χ1v) is 9.03. The fourth-order valence-electron chi connectivity index (χ4n) is 3.32. The van der Waals surface area contributed by atoms with Crippen LogP contribution in [0.5, 0.6) is 0 Å². The van der Waals surface area contributed by atoms with Crippen LogP contribution in [0.3, 0.4) is 0 Å². The molecule has 0 radical (unpaired) electrons. The minimum atomic E-state index is -0.183. The van der Waals surface area contributed by atoms with E-state index in [1.807, 2.05) is 55.6 Å². The Hall–Kier alpha value is -3.35. The van der Waals surface area contributed by atoms with Crippen LogP contribution in [0.4, 0.5) is 16.3 Å². The van der Waals surface area contributed by atoms with Gasteiger partial charge in [0, 0.05) is 43.4 Å². The zero-order chi connectivity index (χ0) is 18.6. The van der Waals surface area contributed by atoms with Gasteiger partial charge in [0.25, 0.3) is 0 Å². The molecule has 1 unspecified atom stereocenters. The fraction of sp³-hybridized carbons (Fsp3) is 0.250. The van der Waals surface area contributed by atoms with Gasteiger partial charge in [-0.25, -0.2) is 14.5 Å². The summed E-state index contributed by atoms with van der Waals surface area (Å²) in [5.74, 6) is 0.951. The van der Waals surface area contributed by atoms with Crippen molar-refractivity contribution < 1.29 is 4.79 Å². The van der Waals surface area contributed by atoms with Crippen molar-refractivity contribution in [2.75, 3.05) is 23.3 Å². The van der Waals surface area contributed by atoms with Crippen LogP contribution in [0, 0.1) is 6.92 Å². The van der Waals surface area contributed by atoms with E-state index in [-0.39, 0.29) is 12.1 Å². The average Bonchev–Trinajstić information content (AvgIpc) is 3.36. The molecular formula is C20H22N6O. The van der Waals surface area contributed by atoms with Crippen molar-refractivity contribution in [3.05, 3.63) is 66.6 Å². The summed E-state index contributed by atoms with van der Waals surface area (Å²) in [5, 5.41) is 10.2. The van der Waals surface area contributed by atoms with E-state index in [0.29, 0.717) is 0 Å². The Labute approximate surface area is 158 Å². The molecule has 3 aromatic rings. The second-order valence-electron chi connectivity index (χ2n) is 6.67. The van der Waals surface area contributed by atoms with Crippen molar-refractivity contribution in [3.8, 4) is 5.69 Å². The normalized spacial score (nSPS) is 16.3. The van der Waals surface area contributed by atoms with E-state index < -0.39 is 0 Å². The first-order valence-electron chi connectivity index (χ1n) is 9.03. The van der Waals surface area contributed by atoms with Crippen molar-refractivity contribution in [3.63, 3.8) is 0 Å². The Kier molecular flexibility index (Phi) is 4.74. The molecule has 0 saturated carbocycles. The van der Waals surface area contributed by atoms with Crippen LogP contribution in [-0.4, -0.2) is 39.9 Å². The van der Waals surface area contributed by atoms with Crippen LogP contribution < -0.4 is 15.5 Å². The van der Waals surface area contributed by atoms with Crippen molar-refractivity contribution in [2.45, 2.75) is 19.4 Å². The molecule has 7 heteroatoms. The highest BCUT2D eigenvalue weighted by Crippen LogP contribution is 2.20. The number of carbonyl (C=O) groups is 1. The maximum Gasteiger partial charge on any atom is 0.319 e. The van der Waals surface area contributed by atoms with Gasteiger partial charge in [0.15, 0.2) is 0 Å². The molecule has 1 atom stereocenters. The molecular weight excluding hydrogens is 340 g/mol. The van der Waals surface area contributed by atoms with E-state index in [1.165, 1.54) is 0 Å². The van der Waals surface area contributed by atoms with E-state index in [4.69, 9.17) is 0 Å². The molecule has 1 saturated heterocycles. The lowest BCUT2D eigenvalue weighted by Crippen LogP contribution is -2.39. The molecule has 1 aliphatic rings. The molecule has 3 heterocycles. The van der Waals surface area contributed by atoms with Crippen molar-refractivity contribution in [2.24, 2.45) is 0 Å². The summed E-state index contributed by atoms with van der Waals surface area (Å²) in [6.45, 7) is 3.63. The molecule has 2 amide bonds. The maximum atomic E-state index is 12.4.